The third-order valence-electron chi connectivity index (χ3n) is 4.74. The molecular formula is C20H13ClN4O2S. The SMILES string of the molecule is O=C1NC2C=C(c3ccccc3Cl)SC2C(=O)N1c1cncc2cccnc12. The predicted octanol–water partition coefficient (Wildman–Crippen LogP) is 3.86. The van der Waals surface area contributed by atoms with Gasteiger partial charge in [0, 0.05) is 33.3 Å². The molecule has 4 heterocycles. The zero-order valence-electron chi connectivity index (χ0n) is 14.4. The molecule has 6 nitrogen and oxygen atoms in total. The molecule has 1 N–H and O–H groups in total. The van der Waals surface area contributed by atoms with Crippen LogP contribution >= 0.6 is 23.4 Å². The van der Waals surface area contributed by atoms with Crippen molar-refractivity contribution in [2.45, 2.75) is 11.3 Å². The summed E-state index contributed by atoms with van der Waals surface area (Å²) in [5.41, 5.74) is 1.79. The number of halogens is 1. The van der Waals surface area contributed by atoms with E-state index >= 15 is 0 Å². The predicted molar refractivity (Wildman–Crippen MR) is 110 cm³/mol. The third-order valence-corrected chi connectivity index (χ3v) is 6.43. The summed E-state index contributed by atoms with van der Waals surface area (Å²) < 4.78 is 0. The van der Waals surface area contributed by atoms with Crippen LogP contribution in [0.5, 0.6) is 0 Å². The lowest BCUT2D eigenvalue weighted by molar-refractivity contribution is -0.118. The zero-order valence-corrected chi connectivity index (χ0v) is 15.9. The van der Waals surface area contributed by atoms with E-state index in [1.54, 1.807) is 24.5 Å². The lowest BCUT2D eigenvalue weighted by Gasteiger charge is -2.33. The number of nitrogens with one attached hydrogen (secondary N) is 1. The van der Waals surface area contributed by atoms with Crippen molar-refractivity contribution in [2.24, 2.45) is 0 Å². The molecular weight excluding hydrogens is 396 g/mol. The van der Waals surface area contributed by atoms with Gasteiger partial charge >= 0.3 is 6.03 Å². The Bertz CT molecular complexity index is 1160. The van der Waals surface area contributed by atoms with Crippen LogP contribution in [0.4, 0.5) is 10.5 Å². The van der Waals surface area contributed by atoms with E-state index < -0.39 is 11.3 Å². The van der Waals surface area contributed by atoms with Crippen molar-refractivity contribution in [3.63, 3.8) is 0 Å². The first-order valence-corrected chi connectivity index (χ1v) is 9.86. The Kier molecular flexibility index (Phi) is 4.07. The Balaban J connectivity index is 1.52. The molecule has 138 valence electrons. The number of rotatable bonds is 2. The summed E-state index contributed by atoms with van der Waals surface area (Å²) in [5, 5.41) is 3.81. The summed E-state index contributed by atoms with van der Waals surface area (Å²) in [5.74, 6) is -0.294. The Morgan fingerprint density at radius 2 is 1.96 bits per heavy atom. The molecule has 0 bridgehead atoms. The molecule has 8 heteroatoms. The smallest absolute Gasteiger partial charge is 0.329 e. The highest BCUT2D eigenvalue weighted by Crippen LogP contribution is 2.44. The zero-order chi connectivity index (χ0) is 19.3. The Hall–Kier alpha value is -2.90. The maximum atomic E-state index is 13.2. The van der Waals surface area contributed by atoms with Crippen LogP contribution in [0.2, 0.25) is 5.02 Å². The van der Waals surface area contributed by atoms with Crippen molar-refractivity contribution in [3.8, 4) is 0 Å². The van der Waals surface area contributed by atoms with Crippen LogP contribution < -0.4 is 10.2 Å². The first-order valence-electron chi connectivity index (χ1n) is 8.60. The van der Waals surface area contributed by atoms with E-state index in [1.165, 1.54) is 18.0 Å². The van der Waals surface area contributed by atoms with Crippen LogP contribution in [0.25, 0.3) is 15.8 Å². The summed E-state index contributed by atoms with van der Waals surface area (Å²) in [7, 11) is 0. The quantitative estimate of drug-likeness (QED) is 0.696. The average Bonchev–Trinajstić information content (AvgIpc) is 3.12. The number of fused-ring (bicyclic) bond motifs is 2. The molecule has 0 radical (unpaired) electrons. The van der Waals surface area contributed by atoms with Gasteiger partial charge in [-0.3, -0.25) is 14.8 Å². The first-order chi connectivity index (χ1) is 13.6. The molecule has 3 amide bonds. The van der Waals surface area contributed by atoms with Gasteiger partial charge in [-0.2, -0.15) is 0 Å². The summed E-state index contributed by atoms with van der Waals surface area (Å²) >= 11 is 7.71. The minimum atomic E-state index is -0.483. The van der Waals surface area contributed by atoms with Gasteiger partial charge < -0.3 is 5.32 Å². The number of carbonyl (C=O) groups excluding carboxylic acids is 2. The van der Waals surface area contributed by atoms with Crippen LogP contribution in [0, 0.1) is 0 Å². The summed E-state index contributed by atoms with van der Waals surface area (Å²) in [6, 6.07) is 10.2. The van der Waals surface area contributed by atoms with Crippen LogP contribution in [-0.4, -0.2) is 33.2 Å². The number of thioether (sulfide) groups is 1. The van der Waals surface area contributed by atoms with E-state index in [1.807, 2.05) is 30.3 Å². The highest BCUT2D eigenvalue weighted by Gasteiger charge is 2.45. The number of urea groups is 1. The molecule has 2 aliphatic heterocycles. The third kappa shape index (κ3) is 2.66. The van der Waals surface area contributed by atoms with E-state index in [-0.39, 0.29) is 11.9 Å². The normalized spacial score (nSPS) is 21.5. The minimum absolute atomic E-state index is 0.294. The Labute approximate surface area is 169 Å². The van der Waals surface area contributed by atoms with E-state index in [0.29, 0.717) is 16.2 Å². The Morgan fingerprint density at radius 1 is 1.11 bits per heavy atom. The van der Waals surface area contributed by atoms with Crippen LogP contribution in [0.3, 0.4) is 0 Å². The van der Waals surface area contributed by atoms with E-state index in [0.717, 1.165) is 20.8 Å². The average molecular weight is 409 g/mol. The van der Waals surface area contributed by atoms with E-state index in [9.17, 15) is 9.59 Å². The maximum Gasteiger partial charge on any atom is 0.329 e. The fourth-order valence-electron chi connectivity index (χ4n) is 3.45. The number of hydrogen-bond acceptors (Lipinski definition) is 5. The number of hydrogen-bond donors (Lipinski definition) is 1. The topological polar surface area (TPSA) is 75.2 Å². The number of nitrogens with zero attached hydrogens (tertiary/aromatic N) is 3. The standard InChI is InChI=1S/C20H13ClN4O2S/c21-13-6-2-1-5-12(13)16-8-14-18(28-16)19(26)25(20(27)24-14)15-10-22-9-11-4-3-7-23-17(11)15/h1-10,14,18H,(H,24,27). The number of imide groups is 1. The molecule has 2 aliphatic rings. The second-order valence-corrected chi connectivity index (χ2v) is 8.02. The van der Waals surface area contributed by atoms with E-state index in [2.05, 4.69) is 15.3 Å². The Morgan fingerprint density at radius 3 is 2.82 bits per heavy atom. The van der Waals surface area contributed by atoms with Crippen molar-refractivity contribution in [3.05, 3.63) is 71.7 Å². The van der Waals surface area contributed by atoms with Crippen LogP contribution in [0.1, 0.15) is 5.56 Å². The number of carbonyl (C=O) groups is 2. The number of aromatic nitrogens is 2. The van der Waals surface area contributed by atoms with Crippen molar-refractivity contribution in [2.75, 3.05) is 4.90 Å². The van der Waals surface area contributed by atoms with Crippen molar-refractivity contribution in [1.82, 2.24) is 15.3 Å². The van der Waals surface area contributed by atoms with Gasteiger partial charge in [0.1, 0.15) is 5.25 Å². The van der Waals surface area contributed by atoms with Gasteiger partial charge in [-0.25, -0.2) is 9.69 Å². The molecule has 2 unspecified atom stereocenters. The summed E-state index contributed by atoms with van der Waals surface area (Å²) in [6.07, 6.45) is 6.67. The van der Waals surface area contributed by atoms with Gasteiger partial charge in [0.15, 0.2) is 0 Å². The number of pyridine rings is 2. The molecule has 0 aliphatic carbocycles. The second kappa shape index (κ2) is 6.61. The monoisotopic (exact) mass is 408 g/mol. The van der Waals surface area contributed by atoms with Crippen molar-refractivity contribution in [1.29, 1.82) is 0 Å². The molecule has 1 aromatic carbocycles. The fourth-order valence-corrected chi connectivity index (χ4v) is 5.04. The lowest BCUT2D eigenvalue weighted by Crippen LogP contribution is -2.60. The molecule has 2 atom stereocenters. The van der Waals surface area contributed by atoms with Gasteiger partial charge in [0.2, 0.25) is 0 Å². The maximum absolute atomic E-state index is 13.2. The van der Waals surface area contributed by atoms with Gasteiger partial charge in [-0.15, -0.1) is 11.8 Å². The number of benzene rings is 1. The molecule has 0 saturated carbocycles. The first kappa shape index (κ1) is 17.2. The summed E-state index contributed by atoms with van der Waals surface area (Å²) in [6.45, 7) is 0. The lowest BCUT2D eigenvalue weighted by atomic mass is 10.1. The van der Waals surface area contributed by atoms with E-state index in [4.69, 9.17) is 11.6 Å². The highest BCUT2D eigenvalue weighted by atomic mass is 35.5. The molecule has 1 saturated heterocycles. The second-order valence-electron chi connectivity index (χ2n) is 6.43. The van der Waals surface area contributed by atoms with Crippen molar-refractivity contribution < 1.29 is 9.59 Å². The van der Waals surface area contributed by atoms with Gasteiger partial charge in [-0.1, -0.05) is 29.8 Å². The largest absolute Gasteiger partial charge is 0.329 e. The molecule has 1 fully saturated rings. The van der Waals surface area contributed by atoms with Crippen LogP contribution in [0.15, 0.2) is 61.1 Å². The van der Waals surface area contributed by atoms with Crippen LogP contribution in [-0.2, 0) is 4.79 Å². The summed E-state index contributed by atoms with van der Waals surface area (Å²) in [4.78, 5) is 36.5. The molecule has 3 aromatic rings. The van der Waals surface area contributed by atoms with Gasteiger partial charge in [0.05, 0.1) is 23.4 Å². The fraction of sp³-hybridized carbons (Fsp3) is 0.100. The van der Waals surface area contributed by atoms with Crippen molar-refractivity contribution >= 4 is 56.8 Å². The minimum Gasteiger partial charge on any atom is -0.329 e. The number of anilines is 1. The molecule has 28 heavy (non-hydrogen) atoms. The molecule has 2 aromatic heterocycles. The van der Waals surface area contributed by atoms with Gasteiger partial charge in [0.25, 0.3) is 5.91 Å². The molecule has 0 spiro atoms. The van der Waals surface area contributed by atoms with Gasteiger partial charge in [-0.05, 0) is 24.3 Å². The molecule has 5 rings (SSSR count). The number of amides is 3. The highest BCUT2D eigenvalue weighted by molar-refractivity contribution is 8.09.